The van der Waals surface area contributed by atoms with Crippen molar-refractivity contribution in [2.75, 3.05) is 5.73 Å². The van der Waals surface area contributed by atoms with Gasteiger partial charge in [-0.1, -0.05) is 30.3 Å². The number of para-hydroxylation sites is 2. The van der Waals surface area contributed by atoms with Crippen molar-refractivity contribution in [3.05, 3.63) is 71.2 Å². The van der Waals surface area contributed by atoms with Crippen molar-refractivity contribution in [1.29, 1.82) is 0 Å². The van der Waals surface area contributed by atoms with E-state index in [4.69, 9.17) is 10.2 Å². The van der Waals surface area contributed by atoms with Gasteiger partial charge in [-0.05, 0) is 24.3 Å². The van der Waals surface area contributed by atoms with E-state index in [1.165, 1.54) is 6.20 Å². The highest BCUT2D eigenvalue weighted by Crippen LogP contribution is 2.24. The minimum Gasteiger partial charge on any atom is -0.403 e. The van der Waals surface area contributed by atoms with Crippen LogP contribution in [0.2, 0.25) is 0 Å². The number of anilines is 1. The summed E-state index contributed by atoms with van der Waals surface area (Å²) in [7, 11) is 0. The summed E-state index contributed by atoms with van der Waals surface area (Å²) in [5, 5.41) is 4.57. The van der Waals surface area contributed by atoms with Gasteiger partial charge in [-0.2, -0.15) is 10.1 Å². The van der Waals surface area contributed by atoms with Crippen LogP contribution in [0.3, 0.4) is 0 Å². The summed E-state index contributed by atoms with van der Waals surface area (Å²) in [6.45, 7) is 0. The van der Waals surface area contributed by atoms with Gasteiger partial charge >= 0.3 is 5.63 Å². The minimum absolute atomic E-state index is 0.179. The lowest BCUT2D eigenvalue weighted by Crippen LogP contribution is -2.05. The number of nitrogens with zero attached hydrogens (tertiary/aromatic N) is 3. The maximum Gasteiger partial charge on any atom is 0.350 e. The second kappa shape index (κ2) is 5.10. The van der Waals surface area contributed by atoms with Crippen molar-refractivity contribution in [3.63, 3.8) is 0 Å². The molecule has 0 aliphatic rings. The van der Waals surface area contributed by atoms with Gasteiger partial charge < -0.3 is 10.2 Å². The molecule has 2 N–H and O–H groups in total. The minimum atomic E-state index is -0.490. The van der Waals surface area contributed by atoms with E-state index in [1.807, 2.05) is 42.5 Å². The summed E-state index contributed by atoms with van der Waals surface area (Å²) in [5.74, 6) is 0.179. The third kappa shape index (κ3) is 2.17. The van der Waals surface area contributed by atoms with Crippen LogP contribution in [0.4, 0.5) is 5.69 Å². The van der Waals surface area contributed by atoms with E-state index in [1.54, 1.807) is 16.8 Å². The molecule has 0 radical (unpaired) electrons. The summed E-state index contributed by atoms with van der Waals surface area (Å²) in [5.41, 5.74) is 7.77. The lowest BCUT2D eigenvalue weighted by Gasteiger charge is -2.05. The van der Waals surface area contributed by atoms with E-state index in [9.17, 15) is 4.79 Å². The van der Waals surface area contributed by atoms with E-state index >= 15 is 0 Å². The Labute approximate surface area is 130 Å². The van der Waals surface area contributed by atoms with Gasteiger partial charge in [0.2, 0.25) is 5.89 Å². The lowest BCUT2D eigenvalue weighted by molar-refractivity contribution is 0.518. The molecule has 4 aromatic rings. The van der Waals surface area contributed by atoms with Crippen LogP contribution in [-0.4, -0.2) is 14.8 Å². The molecule has 0 saturated heterocycles. The fraction of sp³-hybridized carbons (Fsp3) is 0. The molecule has 6 nitrogen and oxygen atoms in total. The van der Waals surface area contributed by atoms with Crippen molar-refractivity contribution >= 4 is 16.7 Å². The molecular weight excluding hydrogens is 292 g/mol. The molecule has 2 aromatic carbocycles. The molecule has 4 rings (SSSR count). The summed E-state index contributed by atoms with van der Waals surface area (Å²) in [4.78, 5) is 16.7. The molecule has 0 aliphatic heterocycles. The molecule has 0 fully saturated rings. The fourth-order valence-electron chi connectivity index (χ4n) is 2.42. The van der Waals surface area contributed by atoms with Crippen LogP contribution in [0, 0.1) is 0 Å². The second-order valence-electron chi connectivity index (χ2n) is 5.02. The quantitative estimate of drug-likeness (QED) is 0.575. The molecule has 2 aromatic heterocycles. The average molecular weight is 304 g/mol. The van der Waals surface area contributed by atoms with Crippen LogP contribution in [0.1, 0.15) is 0 Å². The molecular formula is C17H12N4O2. The molecule has 0 bridgehead atoms. The third-order valence-corrected chi connectivity index (χ3v) is 3.55. The summed E-state index contributed by atoms with van der Waals surface area (Å²) < 4.78 is 6.91. The Morgan fingerprint density at radius 1 is 1.00 bits per heavy atom. The Balaban J connectivity index is 2.00. The maximum atomic E-state index is 12.2. The monoisotopic (exact) mass is 304 g/mol. The van der Waals surface area contributed by atoms with Crippen molar-refractivity contribution in [3.8, 4) is 17.1 Å². The van der Waals surface area contributed by atoms with Gasteiger partial charge in [-0.15, -0.1) is 0 Å². The SMILES string of the molecule is Nc1ccccc1-c1nc2c(cnn2-c2ccccc2)c(=O)o1. The summed E-state index contributed by atoms with van der Waals surface area (Å²) in [6, 6.07) is 16.6. The van der Waals surface area contributed by atoms with Crippen LogP contribution in [0.25, 0.3) is 28.2 Å². The number of nitrogen functional groups attached to an aromatic ring is 1. The highest BCUT2D eigenvalue weighted by atomic mass is 16.4. The zero-order chi connectivity index (χ0) is 15.8. The predicted molar refractivity (Wildman–Crippen MR) is 87.2 cm³/mol. The number of nitrogens with two attached hydrogens (primary N) is 1. The van der Waals surface area contributed by atoms with Crippen LogP contribution < -0.4 is 11.4 Å². The molecule has 0 atom stereocenters. The first-order valence-corrected chi connectivity index (χ1v) is 7.03. The van der Waals surface area contributed by atoms with Gasteiger partial charge in [0.15, 0.2) is 5.65 Å². The first kappa shape index (κ1) is 13.3. The Morgan fingerprint density at radius 3 is 2.52 bits per heavy atom. The molecule has 23 heavy (non-hydrogen) atoms. The first-order valence-electron chi connectivity index (χ1n) is 7.03. The summed E-state index contributed by atoms with van der Waals surface area (Å²) >= 11 is 0. The number of hydrogen-bond donors (Lipinski definition) is 1. The van der Waals surface area contributed by atoms with Gasteiger partial charge in [-0.25, -0.2) is 9.48 Å². The smallest absolute Gasteiger partial charge is 0.350 e. The standard InChI is InChI=1S/C17H12N4O2/c18-14-9-5-4-8-12(14)16-20-15-13(17(22)23-16)10-19-21(15)11-6-2-1-3-7-11/h1-10H,18H2. The Morgan fingerprint density at radius 2 is 1.74 bits per heavy atom. The number of aromatic nitrogens is 3. The average Bonchev–Trinajstić information content (AvgIpc) is 3.00. The van der Waals surface area contributed by atoms with Crippen molar-refractivity contribution in [2.24, 2.45) is 0 Å². The Bertz CT molecular complexity index is 1050. The molecule has 0 saturated carbocycles. The van der Waals surface area contributed by atoms with Crippen LogP contribution in [-0.2, 0) is 0 Å². The highest BCUT2D eigenvalue weighted by molar-refractivity contribution is 5.78. The molecule has 0 amide bonds. The largest absolute Gasteiger partial charge is 0.403 e. The van der Waals surface area contributed by atoms with E-state index in [0.717, 1.165) is 5.69 Å². The van der Waals surface area contributed by atoms with Gasteiger partial charge in [0, 0.05) is 5.69 Å². The molecule has 6 heteroatoms. The first-order chi connectivity index (χ1) is 11.2. The number of rotatable bonds is 2. The van der Waals surface area contributed by atoms with Crippen molar-refractivity contribution in [1.82, 2.24) is 14.8 Å². The van der Waals surface area contributed by atoms with E-state index in [0.29, 0.717) is 22.3 Å². The van der Waals surface area contributed by atoms with Gasteiger partial charge in [0.05, 0.1) is 17.4 Å². The molecule has 2 heterocycles. The lowest BCUT2D eigenvalue weighted by atomic mass is 10.2. The van der Waals surface area contributed by atoms with Crippen LogP contribution >= 0.6 is 0 Å². The van der Waals surface area contributed by atoms with E-state index in [2.05, 4.69) is 10.1 Å². The van der Waals surface area contributed by atoms with Gasteiger partial charge in [-0.3, -0.25) is 0 Å². The molecule has 0 unspecified atom stereocenters. The van der Waals surface area contributed by atoms with Gasteiger partial charge in [0.1, 0.15) is 5.39 Å². The third-order valence-electron chi connectivity index (χ3n) is 3.55. The molecule has 0 spiro atoms. The summed E-state index contributed by atoms with van der Waals surface area (Å²) in [6.07, 6.45) is 1.46. The van der Waals surface area contributed by atoms with Crippen LogP contribution in [0.5, 0.6) is 0 Å². The topological polar surface area (TPSA) is 86.9 Å². The second-order valence-corrected chi connectivity index (χ2v) is 5.02. The van der Waals surface area contributed by atoms with Crippen molar-refractivity contribution in [2.45, 2.75) is 0 Å². The van der Waals surface area contributed by atoms with Gasteiger partial charge in [0.25, 0.3) is 0 Å². The Kier molecular flexibility index (Phi) is 2.94. The van der Waals surface area contributed by atoms with Crippen LogP contribution in [0.15, 0.2) is 70.0 Å². The highest BCUT2D eigenvalue weighted by Gasteiger charge is 2.15. The van der Waals surface area contributed by atoms with E-state index < -0.39 is 5.63 Å². The zero-order valence-corrected chi connectivity index (χ0v) is 12.0. The maximum absolute atomic E-state index is 12.2. The fourth-order valence-corrected chi connectivity index (χ4v) is 2.42. The number of fused-ring (bicyclic) bond motifs is 1. The predicted octanol–water partition coefficient (Wildman–Crippen LogP) is 2.62. The van der Waals surface area contributed by atoms with E-state index in [-0.39, 0.29) is 5.89 Å². The zero-order valence-electron chi connectivity index (χ0n) is 12.0. The Hall–Kier alpha value is -3.41. The molecule has 112 valence electrons. The van der Waals surface area contributed by atoms with Crippen molar-refractivity contribution < 1.29 is 4.42 Å². The molecule has 0 aliphatic carbocycles. The normalized spacial score (nSPS) is 11.0. The number of hydrogen-bond acceptors (Lipinski definition) is 5. The number of benzene rings is 2.